The Balaban J connectivity index is 1.18. The molecule has 0 aliphatic carbocycles. The third-order valence-electron chi connectivity index (χ3n) is 9.64. The van der Waals surface area contributed by atoms with Gasteiger partial charge in [-0.25, -0.2) is 20.0 Å². The summed E-state index contributed by atoms with van der Waals surface area (Å²) in [4.78, 5) is 63.6. The fraction of sp³-hybridized carbons (Fsp3) is 0.467. The highest BCUT2D eigenvalue weighted by Gasteiger charge is 2.38. The molecule has 2 aromatic heterocycles. The summed E-state index contributed by atoms with van der Waals surface area (Å²) >= 11 is 0. The SMILES string of the molecule is CC(C)(C)OC(=O)NNC(=O)c1cc(-c2ccc(-c3ccc(OCCCCOC4CCCCO4)cc3)cc2)nc2cc(C(=O)N3CCC[C@@H]3C(=O)OC(C)(C)C)ncc12. The van der Waals surface area contributed by atoms with Gasteiger partial charge < -0.3 is 28.6 Å². The first kappa shape index (κ1) is 43.0. The summed E-state index contributed by atoms with van der Waals surface area (Å²) in [5.41, 5.74) is 6.88. The molecule has 14 nitrogen and oxygen atoms in total. The lowest BCUT2D eigenvalue weighted by atomic mass is 10.0. The van der Waals surface area contributed by atoms with E-state index in [4.69, 9.17) is 28.7 Å². The van der Waals surface area contributed by atoms with Crippen LogP contribution in [0.1, 0.15) is 107 Å². The summed E-state index contributed by atoms with van der Waals surface area (Å²) in [6, 6.07) is 18.0. The molecule has 2 aliphatic heterocycles. The van der Waals surface area contributed by atoms with Crippen molar-refractivity contribution in [3.8, 4) is 28.1 Å². The Morgan fingerprint density at radius 1 is 0.797 bits per heavy atom. The Labute approximate surface area is 345 Å². The van der Waals surface area contributed by atoms with E-state index in [1.807, 2.05) is 48.5 Å². The summed E-state index contributed by atoms with van der Waals surface area (Å²) in [5.74, 6) is -0.768. The van der Waals surface area contributed by atoms with Crippen molar-refractivity contribution in [2.45, 2.75) is 110 Å². The highest BCUT2D eigenvalue weighted by atomic mass is 16.7. The molecule has 0 radical (unpaired) electrons. The molecule has 0 saturated carbocycles. The van der Waals surface area contributed by atoms with Gasteiger partial charge in [0.15, 0.2) is 6.29 Å². The van der Waals surface area contributed by atoms with E-state index in [9.17, 15) is 19.2 Å². The lowest BCUT2D eigenvalue weighted by molar-refractivity contribution is -0.163. The number of benzene rings is 2. The molecule has 314 valence electrons. The highest BCUT2D eigenvalue weighted by molar-refractivity contribution is 6.08. The number of unbranched alkanes of at least 4 members (excludes halogenated alkanes) is 1. The third-order valence-corrected chi connectivity index (χ3v) is 9.64. The minimum absolute atomic E-state index is 0.0670. The van der Waals surface area contributed by atoms with Crippen molar-refractivity contribution < 1.29 is 42.9 Å². The number of amides is 3. The molecular weight excluding hydrogens is 755 g/mol. The van der Waals surface area contributed by atoms with Crippen LogP contribution in [-0.2, 0) is 23.7 Å². The normalized spacial score (nSPS) is 17.0. The van der Waals surface area contributed by atoms with Crippen LogP contribution in [0.2, 0.25) is 0 Å². The number of nitrogens with zero attached hydrogens (tertiary/aromatic N) is 3. The number of ether oxygens (including phenoxy) is 5. The summed E-state index contributed by atoms with van der Waals surface area (Å²) in [5, 5.41) is 0.347. The van der Waals surface area contributed by atoms with E-state index in [1.54, 1.807) is 47.6 Å². The molecule has 0 spiro atoms. The Hall–Kier alpha value is -5.60. The summed E-state index contributed by atoms with van der Waals surface area (Å²) in [6.45, 7) is 12.9. The molecule has 1 unspecified atom stereocenters. The van der Waals surface area contributed by atoms with Crippen LogP contribution in [0.15, 0.2) is 66.9 Å². The van der Waals surface area contributed by atoms with Gasteiger partial charge in [-0.1, -0.05) is 36.4 Å². The minimum atomic E-state index is -0.832. The lowest BCUT2D eigenvalue weighted by Crippen LogP contribution is -2.44. The average Bonchev–Trinajstić information content (AvgIpc) is 3.70. The number of pyridine rings is 2. The largest absolute Gasteiger partial charge is 0.494 e. The van der Waals surface area contributed by atoms with Gasteiger partial charge in [0.2, 0.25) is 0 Å². The van der Waals surface area contributed by atoms with E-state index < -0.39 is 41.1 Å². The van der Waals surface area contributed by atoms with Gasteiger partial charge in [0, 0.05) is 36.9 Å². The predicted octanol–water partition coefficient (Wildman–Crippen LogP) is 7.78. The van der Waals surface area contributed by atoms with Crippen LogP contribution in [0.4, 0.5) is 4.79 Å². The number of rotatable bonds is 12. The quantitative estimate of drug-likeness (QED) is 0.0815. The number of nitrogens with one attached hydrogen (secondary N) is 2. The monoisotopic (exact) mass is 809 g/mol. The van der Waals surface area contributed by atoms with Gasteiger partial charge in [0.05, 0.1) is 23.4 Å². The Morgan fingerprint density at radius 2 is 1.47 bits per heavy atom. The second-order valence-corrected chi connectivity index (χ2v) is 16.7. The molecule has 59 heavy (non-hydrogen) atoms. The first-order valence-corrected chi connectivity index (χ1v) is 20.3. The van der Waals surface area contributed by atoms with Gasteiger partial charge >= 0.3 is 12.1 Å². The van der Waals surface area contributed by atoms with Crippen LogP contribution < -0.4 is 15.6 Å². The molecule has 2 fully saturated rings. The van der Waals surface area contributed by atoms with Crippen LogP contribution in [0, 0.1) is 0 Å². The van der Waals surface area contributed by atoms with Crippen molar-refractivity contribution in [2.24, 2.45) is 0 Å². The number of carbonyl (C=O) groups excluding carboxylic acids is 4. The van der Waals surface area contributed by atoms with Crippen LogP contribution in [0.5, 0.6) is 5.75 Å². The molecular formula is C45H55N5O9. The van der Waals surface area contributed by atoms with Crippen LogP contribution in [0.3, 0.4) is 0 Å². The molecule has 2 N–H and O–H groups in total. The third kappa shape index (κ3) is 12.0. The maximum Gasteiger partial charge on any atom is 0.426 e. The number of hydrogen-bond acceptors (Lipinski definition) is 11. The van der Waals surface area contributed by atoms with E-state index >= 15 is 0 Å². The van der Waals surface area contributed by atoms with Crippen molar-refractivity contribution in [1.82, 2.24) is 25.7 Å². The fourth-order valence-corrected chi connectivity index (χ4v) is 6.85. The van der Waals surface area contributed by atoms with Gasteiger partial charge in [-0.15, -0.1) is 0 Å². The molecule has 2 atom stereocenters. The maximum absolute atomic E-state index is 13.8. The minimum Gasteiger partial charge on any atom is -0.494 e. The van der Waals surface area contributed by atoms with Gasteiger partial charge in [-0.2, -0.15) is 0 Å². The van der Waals surface area contributed by atoms with Gasteiger partial charge in [-0.3, -0.25) is 20.0 Å². The second-order valence-electron chi connectivity index (χ2n) is 16.7. The zero-order valence-corrected chi connectivity index (χ0v) is 34.8. The van der Waals surface area contributed by atoms with Crippen molar-refractivity contribution in [1.29, 1.82) is 0 Å². The summed E-state index contributed by atoms with van der Waals surface area (Å²) in [6.07, 6.45) is 6.62. The molecule has 4 heterocycles. The number of aromatic nitrogens is 2. The zero-order chi connectivity index (χ0) is 42.2. The smallest absolute Gasteiger partial charge is 0.426 e. The van der Waals surface area contributed by atoms with Gasteiger partial charge in [-0.05, 0) is 122 Å². The average molecular weight is 810 g/mol. The lowest BCUT2D eigenvalue weighted by Gasteiger charge is -2.27. The van der Waals surface area contributed by atoms with Crippen molar-refractivity contribution >= 4 is 34.8 Å². The van der Waals surface area contributed by atoms with E-state index in [-0.39, 0.29) is 17.5 Å². The number of hydrogen-bond donors (Lipinski definition) is 2. The summed E-state index contributed by atoms with van der Waals surface area (Å²) < 4.78 is 28.3. The highest BCUT2D eigenvalue weighted by Crippen LogP contribution is 2.30. The number of likely N-dealkylation sites (tertiary alicyclic amines) is 1. The maximum atomic E-state index is 13.8. The van der Waals surface area contributed by atoms with Crippen LogP contribution in [-0.4, -0.2) is 88.6 Å². The predicted molar refractivity (Wildman–Crippen MR) is 221 cm³/mol. The van der Waals surface area contributed by atoms with Crippen LogP contribution >= 0.6 is 0 Å². The molecule has 2 saturated heterocycles. The molecule has 14 heteroatoms. The number of fused-ring (bicyclic) bond motifs is 1. The Morgan fingerprint density at radius 3 is 2.15 bits per heavy atom. The zero-order valence-electron chi connectivity index (χ0n) is 34.8. The summed E-state index contributed by atoms with van der Waals surface area (Å²) in [7, 11) is 0. The first-order chi connectivity index (χ1) is 28.1. The van der Waals surface area contributed by atoms with Crippen molar-refractivity contribution in [2.75, 3.05) is 26.4 Å². The standard InChI is InChI=1S/C45H55N5O9/c1-44(2,3)58-42(53)38-12-11-22-50(38)41(52)37-27-36-34(28-46-37)33(40(51)48-49-43(54)59-45(4,5)6)26-35(47-36)31-16-14-29(15-17-31)30-18-20-32(21-19-30)55-23-9-10-25-57-39-13-7-8-24-56-39/h14-21,26-28,38-39H,7-13,22-25H2,1-6H3,(H,48,51)(H,49,54)/t38-,39?/m1/s1. The van der Waals surface area contributed by atoms with E-state index in [1.165, 1.54) is 17.2 Å². The molecule has 4 aromatic rings. The van der Waals surface area contributed by atoms with E-state index in [2.05, 4.69) is 15.8 Å². The molecule has 6 rings (SSSR count). The number of esters is 1. The second kappa shape index (κ2) is 19.0. The molecule has 2 aromatic carbocycles. The van der Waals surface area contributed by atoms with Gasteiger partial charge in [0.1, 0.15) is 28.7 Å². The Kier molecular flexibility index (Phi) is 13.8. The number of carbonyl (C=O) groups is 4. The first-order valence-electron chi connectivity index (χ1n) is 20.3. The van der Waals surface area contributed by atoms with E-state index in [0.29, 0.717) is 54.8 Å². The van der Waals surface area contributed by atoms with E-state index in [0.717, 1.165) is 55.6 Å². The molecule has 2 aliphatic rings. The number of hydrazine groups is 1. The van der Waals surface area contributed by atoms with Crippen molar-refractivity contribution in [3.63, 3.8) is 0 Å². The van der Waals surface area contributed by atoms with Crippen molar-refractivity contribution in [3.05, 3.63) is 78.1 Å². The van der Waals surface area contributed by atoms with Gasteiger partial charge in [0.25, 0.3) is 11.8 Å². The topological polar surface area (TPSA) is 168 Å². The Bertz CT molecular complexity index is 2100. The fourth-order valence-electron chi connectivity index (χ4n) is 6.85. The van der Waals surface area contributed by atoms with Crippen LogP contribution in [0.25, 0.3) is 33.3 Å². The molecule has 3 amide bonds. The molecule has 0 bridgehead atoms.